The fourth-order valence-electron chi connectivity index (χ4n) is 5.41. The Bertz CT molecular complexity index is 1520. The van der Waals surface area contributed by atoms with E-state index in [0.717, 1.165) is 36.9 Å². The Morgan fingerprint density at radius 1 is 1.29 bits per heavy atom. The zero-order valence-electron chi connectivity index (χ0n) is 23.0. The Labute approximate surface area is 238 Å². The SMILES string of the molecule is Cc1sc2c(c1C)OC[C@H](C(F)(F)F)N(C(=O)CN(C)C(=O)N[C@@]1(C=O)CCc3cc(-c4cnn(C)c4)ccc31)C2. The van der Waals surface area contributed by atoms with E-state index in [9.17, 15) is 27.6 Å². The largest absolute Gasteiger partial charge is 0.490 e. The summed E-state index contributed by atoms with van der Waals surface area (Å²) in [7, 11) is 3.13. The number of carbonyl (C=O) groups excluding carboxylic acids is 3. The van der Waals surface area contributed by atoms with Crippen LogP contribution in [0.4, 0.5) is 18.0 Å². The smallest absolute Gasteiger partial charge is 0.412 e. The highest BCUT2D eigenvalue weighted by molar-refractivity contribution is 7.12. The number of thiophene rings is 1. The molecule has 3 amide bonds. The number of rotatable bonds is 5. The van der Waals surface area contributed by atoms with Gasteiger partial charge in [-0.1, -0.05) is 18.2 Å². The maximum atomic E-state index is 14.0. The van der Waals surface area contributed by atoms with Crippen molar-refractivity contribution in [2.24, 2.45) is 7.05 Å². The van der Waals surface area contributed by atoms with E-state index in [1.807, 2.05) is 32.3 Å². The third kappa shape index (κ3) is 5.30. The summed E-state index contributed by atoms with van der Waals surface area (Å²) in [6.07, 6.45) is 0.406. The van der Waals surface area contributed by atoms with Crippen LogP contribution in [0.1, 0.15) is 32.9 Å². The molecular weight excluding hydrogens is 559 g/mol. The highest BCUT2D eigenvalue weighted by Crippen LogP contribution is 2.40. The van der Waals surface area contributed by atoms with E-state index in [2.05, 4.69) is 10.4 Å². The first-order valence-electron chi connectivity index (χ1n) is 13.0. The minimum Gasteiger partial charge on any atom is -0.490 e. The quantitative estimate of drug-likeness (QED) is 0.452. The number of aryl methyl sites for hydroxylation is 3. The average molecular weight is 590 g/mol. The van der Waals surface area contributed by atoms with Crippen molar-refractivity contribution in [3.8, 4) is 16.9 Å². The second-order valence-corrected chi connectivity index (χ2v) is 11.9. The lowest BCUT2D eigenvalue weighted by Gasteiger charge is -2.33. The number of urea groups is 1. The fourth-order valence-corrected chi connectivity index (χ4v) is 6.53. The zero-order valence-corrected chi connectivity index (χ0v) is 23.9. The minimum absolute atomic E-state index is 0.280. The zero-order chi connectivity index (χ0) is 29.7. The predicted molar refractivity (Wildman–Crippen MR) is 146 cm³/mol. The molecule has 0 spiro atoms. The number of amides is 3. The number of benzene rings is 1. The van der Waals surface area contributed by atoms with Crippen molar-refractivity contribution in [1.29, 1.82) is 0 Å². The van der Waals surface area contributed by atoms with Gasteiger partial charge in [0.15, 0.2) is 6.04 Å². The van der Waals surface area contributed by atoms with Gasteiger partial charge in [-0.05, 0) is 43.4 Å². The van der Waals surface area contributed by atoms with Gasteiger partial charge in [0.1, 0.15) is 30.7 Å². The van der Waals surface area contributed by atoms with Gasteiger partial charge in [0.2, 0.25) is 5.91 Å². The monoisotopic (exact) mass is 589 g/mol. The number of ether oxygens (including phenoxy) is 1. The number of alkyl halides is 3. The lowest BCUT2D eigenvalue weighted by molar-refractivity contribution is -0.195. The summed E-state index contributed by atoms with van der Waals surface area (Å²) in [6.45, 7) is 1.98. The van der Waals surface area contributed by atoms with Crippen LogP contribution < -0.4 is 10.1 Å². The van der Waals surface area contributed by atoms with Gasteiger partial charge in [-0.2, -0.15) is 18.3 Å². The lowest BCUT2D eigenvalue weighted by atomic mass is 9.92. The average Bonchev–Trinajstić information content (AvgIpc) is 3.54. The van der Waals surface area contributed by atoms with Gasteiger partial charge in [0, 0.05) is 36.3 Å². The fraction of sp³-hybridized carbons (Fsp3) is 0.429. The molecule has 41 heavy (non-hydrogen) atoms. The molecule has 3 aromatic rings. The summed E-state index contributed by atoms with van der Waals surface area (Å²) in [6, 6.07) is 2.69. The maximum Gasteiger partial charge on any atom is 0.412 e. The number of aldehydes is 1. The Morgan fingerprint density at radius 2 is 2.05 bits per heavy atom. The molecule has 0 saturated heterocycles. The number of aromatic nitrogens is 2. The second kappa shape index (κ2) is 10.5. The molecule has 3 heterocycles. The molecule has 2 aromatic heterocycles. The number of nitrogens with one attached hydrogen (secondary N) is 1. The molecule has 1 aliphatic carbocycles. The summed E-state index contributed by atoms with van der Waals surface area (Å²) >= 11 is 1.28. The molecule has 2 atom stereocenters. The summed E-state index contributed by atoms with van der Waals surface area (Å²) in [4.78, 5) is 42.0. The van der Waals surface area contributed by atoms with E-state index in [4.69, 9.17) is 4.74 Å². The van der Waals surface area contributed by atoms with Crippen LogP contribution in [0.3, 0.4) is 0 Å². The number of likely N-dealkylation sites (N-methyl/N-ethyl adjacent to an activating group) is 1. The Hall–Kier alpha value is -3.87. The topological polar surface area (TPSA) is 96.8 Å². The van der Waals surface area contributed by atoms with Crippen molar-refractivity contribution in [1.82, 2.24) is 24.9 Å². The van der Waals surface area contributed by atoms with Crippen molar-refractivity contribution in [3.05, 3.63) is 57.0 Å². The van der Waals surface area contributed by atoms with Crippen LogP contribution in [0.5, 0.6) is 5.75 Å². The summed E-state index contributed by atoms with van der Waals surface area (Å²) < 4.78 is 49.1. The van der Waals surface area contributed by atoms with E-state index < -0.39 is 42.8 Å². The maximum absolute atomic E-state index is 14.0. The molecule has 218 valence electrons. The first kappa shape index (κ1) is 28.7. The summed E-state index contributed by atoms with van der Waals surface area (Å²) in [5, 5.41) is 6.92. The molecule has 0 unspecified atom stereocenters. The van der Waals surface area contributed by atoms with Crippen LogP contribution in [0.2, 0.25) is 0 Å². The van der Waals surface area contributed by atoms with Gasteiger partial charge in [-0.15, -0.1) is 11.3 Å². The second-order valence-electron chi connectivity index (χ2n) is 10.6. The van der Waals surface area contributed by atoms with Crippen molar-refractivity contribution in [2.45, 2.75) is 51.0 Å². The highest BCUT2D eigenvalue weighted by atomic mass is 32.1. The van der Waals surface area contributed by atoms with Crippen LogP contribution >= 0.6 is 11.3 Å². The summed E-state index contributed by atoms with van der Waals surface area (Å²) in [5.41, 5.74) is 2.81. The molecule has 0 bridgehead atoms. The third-order valence-electron chi connectivity index (χ3n) is 7.84. The number of hydrogen-bond acceptors (Lipinski definition) is 6. The number of nitrogens with zero attached hydrogens (tertiary/aromatic N) is 4. The first-order valence-corrected chi connectivity index (χ1v) is 13.8. The molecule has 0 fully saturated rings. The number of fused-ring (bicyclic) bond motifs is 2. The molecule has 1 N–H and O–H groups in total. The van der Waals surface area contributed by atoms with Crippen LogP contribution in [-0.2, 0) is 35.1 Å². The summed E-state index contributed by atoms with van der Waals surface area (Å²) in [5.74, 6) is -0.499. The number of hydrogen-bond donors (Lipinski definition) is 1. The van der Waals surface area contributed by atoms with Crippen molar-refractivity contribution in [3.63, 3.8) is 0 Å². The van der Waals surface area contributed by atoms with Gasteiger partial charge in [0.25, 0.3) is 0 Å². The van der Waals surface area contributed by atoms with E-state index in [1.165, 1.54) is 18.4 Å². The predicted octanol–water partition coefficient (Wildman–Crippen LogP) is 4.10. The minimum atomic E-state index is -4.72. The van der Waals surface area contributed by atoms with Gasteiger partial charge in [-0.25, -0.2) is 4.79 Å². The van der Waals surface area contributed by atoms with Crippen LogP contribution in [0.25, 0.3) is 11.1 Å². The number of carbonyl (C=O) groups is 3. The lowest BCUT2D eigenvalue weighted by Crippen LogP contribution is -2.55. The van der Waals surface area contributed by atoms with E-state index in [0.29, 0.717) is 35.3 Å². The Kier molecular flexibility index (Phi) is 7.35. The molecule has 1 aromatic carbocycles. The Balaban J connectivity index is 1.32. The van der Waals surface area contributed by atoms with Crippen LogP contribution in [0.15, 0.2) is 30.6 Å². The van der Waals surface area contributed by atoms with E-state index >= 15 is 0 Å². The molecule has 0 radical (unpaired) electrons. The van der Waals surface area contributed by atoms with Gasteiger partial charge in [-0.3, -0.25) is 9.48 Å². The molecular formula is C28H30F3N5O4S. The Morgan fingerprint density at radius 3 is 2.71 bits per heavy atom. The molecule has 1 aliphatic heterocycles. The van der Waals surface area contributed by atoms with Crippen molar-refractivity contribution >= 4 is 29.6 Å². The first-order chi connectivity index (χ1) is 19.3. The van der Waals surface area contributed by atoms with E-state index in [1.54, 1.807) is 23.9 Å². The van der Waals surface area contributed by atoms with Crippen molar-refractivity contribution < 1.29 is 32.3 Å². The molecule has 13 heteroatoms. The molecule has 5 rings (SSSR count). The van der Waals surface area contributed by atoms with Crippen molar-refractivity contribution in [2.75, 3.05) is 20.2 Å². The molecule has 2 aliphatic rings. The highest BCUT2D eigenvalue weighted by Gasteiger charge is 2.48. The van der Waals surface area contributed by atoms with Gasteiger partial charge < -0.3 is 24.6 Å². The van der Waals surface area contributed by atoms with Gasteiger partial charge >= 0.3 is 12.2 Å². The van der Waals surface area contributed by atoms with Crippen LogP contribution in [-0.4, -0.2) is 70.2 Å². The van der Waals surface area contributed by atoms with Crippen LogP contribution in [0, 0.1) is 13.8 Å². The molecule has 9 nitrogen and oxygen atoms in total. The standard InChI is InChI=1S/C28H30F3N5O4S/c1-16-17(2)41-22-12-36(23(28(29,30)31)14-40-25(16)22)24(38)13-34(3)26(39)33-27(15-37)8-7-19-9-18(5-6-21(19)27)20-10-32-35(4)11-20/h5-6,9-11,15,23H,7-8,12-14H2,1-4H3,(H,33,39)/t23-,27-/m1/s1. The van der Waals surface area contributed by atoms with E-state index in [-0.39, 0.29) is 6.54 Å². The normalized spacial score (nSPS) is 20.1. The molecule has 0 saturated carbocycles. The van der Waals surface area contributed by atoms with Gasteiger partial charge in [0.05, 0.1) is 17.6 Å². The number of halogens is 3. The third-order valence-corrected chi connectivity index (χ3v) is 9.01.